The number of benzene rings is 1. The lowest BCUT2D eigenvalue weighted by atomic mass is 9.76. The first-order chi connectivity index (χ1) is 7.59. The maximum Gasteiger partial charge on any atom is 0.0108 e. The van der Waals surface area contributed by atoms with E-state index in [9.17, 15) is 0 Å². The fraction of sp³-hybridized carbons (Fsp3) is 0.600. The smallest absolute Gasteiger partial charge is 0.0108 e. The summed E-state index contributed by atoms with van der Waals surface area (Å²) in [6, 6.07) is 9.14. The van der Waals surface area contributed by atoms with Crippen LogP contribution in [0.15, 0.2) is 24.3 Å². The van der Waals surface area contributed by atoms with Crippen molar-refractivity contribution in [1.29, 1.82) is 0 Å². The third-order valence-corrected chi connectivity index (χ3v) is 4.09. The third-order valence-electron chi connectivity index (χ3n) is 4.09. The molecule has 1 heteroatoms. The lowest BCUT2D eigenvalue weighted by Gasteiger charge is -2.31. The summed E-state index contributed by atoms with van der Waals surface area (Å²) >= 11 is 0. The predicted molar refractivity (Wildman–Crippen MR) is 69.6 cm³/mol. The van der Waals surface area contributed by atoms with Crippen LogP contribution in [0.25, 0.3) is 0 Å². The van der Waals surface area contributed by atoms with Gasteiger partial charge in [-0.3, -0.25) is 0 Å². The van der Waals surface area contributed by atoms with Crippen molar-refractivity contribution in [2.45, 2.75) is 51.5 Å². The average Bonchev–Trinajstić information content (AvgIpc) is 2.26. The second-order valence-corrected chi connectivity index (χ2v) is 5.56. The van der Waals surface area contributed by atoms with E-state index in [4.69, 9.17) is 5.73 Å². The molecule has 1 aliphatic carbocycles. The molecule has 1 aromatic carbocycles. The zero-order valence-corrected chi connectivity index (χ0v) is 10.6. The second kappa shape index (κ2) is 4.58. The Morgan fingerprint density at radius 1 is 1.00 bits per heavy atom. The Balaban J connectivity index is 2.42. The molecule has 88 valence electrons. The van der Waals surface area contributed by atoms with Crippen LogP contribution in [-0.4, -0.2) is 6.04 Å². The molecule has 0 aliphatic heterocycles. The minimum Gasteiger partial charge on any atom is -0.327 e. The van der Waals surface area contributed by atoms with Crippen molar-refractivity contribution in [3.8, 4) is 0 Å². The molecule has 2 rings (SSSR count). The summed E-state index contributed by atoms with van der Waals surface area (Å²) in [5, 5.41) is 0. The predicted octanol–water partition coefficient (Wildman–Crippen LogP) is 3.65. The number of nitrogens with two attached hydrogens (primary N) is 1. The molecule has 2 N–H and O–H groups in total. The van der Waals surface area contributed by atoms with Gasteiger partial charge < -0.3 is 5.73 Å². The highest BCUT2D eigenvalue weighted by Gasteiger charge is 2.25. The van der Waals surface area contributed by atoms with E-state index in [0.29, 0.717) is 17.9 Å². The summed E-state index contributed by atoms with van der Waals surface area (Å²) in [6.07, 6.45) is 2.41. The number of hydrogen-bond acceptors (Lipinski definition) is 1. The molecule has 0 spiro atoms. The highest BCUT2D eigenvalue weighted by atomic mass is 14.7. The average molecular weight is 217 g/mol. The minimum atomic E-state index is 0.309. The van der Waals surface area contributed by atoms with E-state index in [0.717, 1.165) is 12.3 Å². The molecule has 16 heavy (non-hydrogen) atoms. The molecule has 4 atom stereocenters. The van der Waals surface area contributed by atoms with E-state index in [2.05, 4.69) is 45.0 Å². The van der Waals surface area contributed by atoms with Crippen LogP contribution in [0, 0.1) is 5.92 Å². The van der Waals surface area contributed by atoms with Crippen LogP contribution in [-0.2, 0) is 0 Å². The molecule has 4 unspecified atom stereocenters. The highest BCUT2D eigenvalue weighted by molar-refractivity contribution is 5.34. The fourth-order valence-electron chi connectivity index (χ4n) is 3.10. The molecule has 0 heterocycles. The van der Waals surface area contributed by atoms with E-state index in [1.165, 1.54) is 17.5 Å². The van der Waals surface area contributed by atoms with Gasteiger partial charge in [0.2, 0.25) is 0 Å². The zero-order chi connectivity index (χ0) is 11.7. The lowest BCUT2D eigenvalue weighted by molar-refractivity contribution is 0.370. The van der Waals surface area contributed by atoms with E-state index in [1.807, 2.05) is 0 Å². The van der Waals surface area contributed by atoms with Gasteiger partial charge in [-0.2, -0.15) is 0 Å². The molecule has 1 aromatic rings. The SMILES string of the molecule is CC1CC(C)c2ccccc2C(C)C(N)C1. The molecular formula is C15H23N. The van der Waals surface area contributed by atoms with Gasteiger partial charge in [-0.05, 0) is 41.7 Å². The van der Waals surface area contributed by atoms with Crippen LogP contribution in [0.3, 0.4) is 0 Å². The monoisotopic (exact) mass is 217 g/mol. The second-order valence-electron chi connectivity index (χ2n) is 5.56. The van der Waals surface area contributed by atoms with Gasteiger partial charge in [-0.1, -0.05) is 45.0 Å². The van der Waals surface area contributed by atoms with E-state index < -0.39 is 0 Å². The maximum absolute atomic E-state index is 6.30. The van der Waals surface area contributed by atoms with E-state index >= 15 is 0 Å². The van der Waals surface area contributed by atoms with Crippen molar-refractivity contribution in [1.82, 2.24) is 0 Å². The van der Waals surface area contributed by atoms with Crippen LogP contribution in [0.1, 0.15) is 56.6 Å². The number of rotatable bonds is 0. The van der Waals surface area contributed by atoms with Gasteiger partial charge in [0.05, 0.1) is 0 Å². The standard InChI is InChI=1S/C15H23N/c1-10-8-11(2)13-6-4-5-7-14(13)12(3)15(16)9-10/h4-7,10-12,15H,8-9,16H2,1-3H3. The topological polar surface area (TPSA) is 26.0 Å². The van der Waals surface area contributed by atoms with Crippen LogP contribution < -0.4 is 5.73 Å². The van der Waals surface area contributed by atoms with Gasteiger partial charge >= 0.3 is 0 Å². The molecule has 0 saturated heterocycles. The van der Waals surface area contributed by atoms with Crippen LogP contribution in [0.5, 0.6) is 0 Å². The molecule has 0 amide bonds. The van der Waals surface area contributed by atoms with Gasteiger partial charge in [0.15, 0.2) is 0 Å². The van der Waals surface area contributed by atoms with Crippen molar-refractivity contribution in [2.24, 2.45) is 11.7 Å². The van der Waals surface area contributed by atoms with Crippen molar-refractivity contribution < 1.29 is 0 Å². The molecular weight excluding hydrogens is 194 g/mol. The summed E-state index contributed by atoms with van der Waals surface area (Å²) in [4.78, 5) is 0. The molecule has 0 fully saturated rings. The molecule has 0 bridgehead atoms. The van der Waals surface area contributed by atoms with Crippen molar-refractivity contribution >= 4 is 0 Å². The Hall–Kier alpha value is -0.820. The van der Waals surface area contributed by atoms with Crippen molar-refractivity contribution in [3.63, 3.8) is 0 Å². The van der Waals surface area contributed by atoms with E-state index in [1.54, 1.807) is 0 Å². The van der Waals surface area contributed by atoms with Gasteiger partial charge in [-0.25, -0.2) is 0 Å². The van der Waals surface area contributed by atoms with Crippen molar-refractivity contribution in [3.05, 3.63) is 35.4 Å². The Bertz CT molecular complexity index is 358. The van der Waals surface area contributed by atoms with Crippen LogP contribution in [0.4, 0.5) is 0 Å². The first-order valence-electron chi connectivity index (χ1n) is 6.44. The molecule has 1 aliphatic rings. The molecule has 0 saturated carbocycles. The Labute approximate surface area is 99.0 Å². The summed E-state index contributed by atoms with van der Waals surface area (Å²) < 4.78 is 0. The maximum atomic E-state index is 6.30. The largest absolute Gasteiger partial charge is 0.327 e. The Morgan fingerprint density at radius 2 is 1.62 bits per heavy atom. The number of hydrogen-bond donors (Lipinski definition) is 1. The summed E-state index contributed by atoms with van der Waals surface area (Å²) in [5.74, 6) is 1.89. The normalized spacial score (nSPS) is 35.0. The minimum absolute atomic E-state index is 0.309. The first kappa shape index (κ1) is 11.7. The fourth-order valence-corrected chi connectivity index (χ4v) is 3.10. The first-order valence-corrected chi connectivity index (χ1v) is 6.44. The third kappa shape index (κ3) is 2.15. The van der Waals surface area contributed by atoms with Crippen LogP contribution >= 0.6 is 0 Å². The van der Waals surface area contributed by atoms with Gasteiger partial charge in [0.1, 0.15) is 0 Å². The lowest BCUT2D eigenvalue weighted by Crippen LogP contribution is -2.31. The van der Waals surface area contributed by atoms with Gasteiger partial charge in [0.25, 0.3) is 0 Å². The zero-order valence-electron chi connectivity index (χ0n) is 10.6. The van der Waals surface area contributed by atoms with Crippen molar-refractivity contribution in [2.75, 3.05) is 0 Å². The van der Waals surface area contributed by atoms with Gasteiger partial charge in [0, 0.05) is 6.04 Å². The van der Waals surface area contributed by atoms with Crippen LogP contribution in [0.2, 0.25) is 0 Å². The van der Waals surface area contributed by atoms with E-state index in [-0.39, 0.29) is 0 Å². The quantitative estimate of drug-likeness (QED) is 0.705. The number of fused-ring (bicyclic) bond motifs is 1. The summed E-state index contributed by atoms with van der Waals surface area (Å²) in [6.45, 7) is 6.95. The summed E-state index contributed by atoms with van der Waals surface area (Å²) in [5.41, 5.74) is 9.28. The molecule has 1 nitrogen and oxygen atoms in total. The van der Waals surface area contributed by atoms with Gasteiger partial charge in [-0.15, -0.1) is 0 Å². The molecule has 0 aromatic heterocycles. The molecule has 0 radical (unpaired) electrons. The Kier molecular flexibility index (Phi) is 3.34. The Morgan fingerprint density at radius 3 is 2.31 bits per heavy atom. The summed E-state index contributed by atoms with van der Waals surface area (Å²) in [7, 11) is 0. The highest BCUT2D eigenvalue weighted by Crippen LogP contribution is 2.36.